The van der Waals surface area contributed by atoms with Crippen LogP contribution in [0.3, 0.4) is 0 Å². The third-order valence-electron chi connectivity index (χ3n) is 5.16. The van der Waals surface area contributed by atoms with E-state index in [9.17, 15) is 14.4 Å². The standard InChI is InChI=1S/C26H21NO5S/c1-17-6-3-4-8-20(17)16-27-24(28)23(33-26(27)30)15-18-7-5-9-22(14-18)32-25(29)19-10-12-21(31-2)13-11-19/h3-15H,16H2,1-2H3/b23-15-. The van der Waals surface area contributed by atoms with Crippen LogP contribution >= 0.6 is 11.8 Å². The molecule has 1 aliphatic rings. The molecular formula is C26H21NO5S. The van der Waals surface area contributed by atoms with Crippen molar-refractivity contribution in [1.29, 1.82) is 0 Å². The number of hydrogen-bond acceptors (Lipinski definition) is 6. The van der Waals surface area contributed by atoms with Crippen LogP contribution in [0.2, 0.25) is 0 Å². The van der Waals surface area contributed by atoms with E-state index < -0.39 is 5.97 Å². The Bertz CT molecular complexity index is 1250. The molecule has 1 heterocycles. The Morgan fingerprint density at radius 2 is 1.73 bits per heavy atom. The molecule has 7 heteroatoms. The van der Waals surface area contributed by atoms with Crippen molar-refractivity contribution in [1.82, 2.24) is 4.90 Å². The fourth-order valence-electron chi connectivity index (χ4n) is 3.31. The van der Waals surface area contributed by atoms with Crippen molar-refractivity contribution < 1.29 is 23.9 Å². The molecule has 0 N–H and O–H groups in total. The monoisotopic (exact) mass is 459 g/mol. The molecule has 0 unspecified atom stereocenters. The van der Waals surface area contributed by atoms with Gasteiger partial charge >= 0.3 is 5.97 Å². The number of methoxy groups -OCH3 is 1. The number of nitrogens with zero attached hydrogens (tertiary/aromatic N) is 1. The summed E-state index contributed by atoms with van der Waals surface area (Å²) in [7, 11) is 1.55. The number of rotatable bonds is 6. The van der Waals surface area contributed by atoms with Crippen molar-refractivity contribution in [3.63, 3.8) is 0 Å². The van der Waals surface area contributed by atoms with E-state index in [1.807, 2.05) is 31.2 Å². The molecule has 3 aromatic rings. The number of imide groups is 1. The molecule has 0 aliphatic carbocycles. The first-order valence-electron chi connectivity index (χ1n) is 10.2. The van der Waals surface area contributed by atoms with Crippen LogP contribution < -0.4 is 9.47 Å². The van der Waals surface area contributed by atoms with Gasteiger partial charge in [-0.15, -0.1) is 0 Å². The summed E-state index contributed by atoms with van der Waals surface area (Å²) in [6.07, 6.45) is 1.63. The molecule has 33 heavy (non-hydrogen) atoms. The van der Waals surface area contributed by atoms with Crippen molar-refractivity contribution in [3.8, 4) is 11.5 Å². The number of benzene rings is 3. The number of thioether (sulfide) groups is 1. The molecule has 2 amide bonds. The van der Waals surface area contributed by atoms with Crippen LogP contribution in [0.15, 0.2) is 77.7 Å². The summed E-state index contributed by atoms with van der Waals surface area (Å²) in [5.41, 5.74) is 2.98. The Kier molecular flexibility index (Phi) is 6.60. The van der Waals surface area contributed by atoms with E-state index in [-0.39, 0.29) is 17.7 Å². The quantitative estimate of drug-likeness (QED) is 0.277. The maximum Gasteiger partial charge on any atom is 0.343 e. The molecule has 0 spiro atoms. The maximum atomic E-state index is 12.9. The minimum atomic E-state index is -0.506. The van der Waals surface area contributed by atoms with Crippen LogP contribution in [0.5, 0.6) is 11.5 Å². The summed E-state index contributed by atoms with van der Waals surface area (Å²) in [4.78, 5) is 39.3. The highest BCUT2D eigenvalue weighted by molar-refractivity contribution is 8.18. The summed E-state index contributed by atoms with van der Waals surface area (Å²) >= 11 is 0.901. The zero-order valence-electron chi connectivity index (χ0n) is 18.1. The largest absolute Gasteiger partial charge is 0.497 e. The average molecular weight is 460 g/mol. The predicted octanol–water partition coefficient (Wildman–Crippen LogP) is 5.46. The molecule has 1 saturated heterocycles. The van der Waals surface area contributed by atoms with Gasteiger partial charge in [-0.2, -0.15) is 0 Å². The van der Waals surface area contributed by atoms with Gasteiger partial charge in [-0.1, -0.05) is 36.4 Å². The highest BCUT2D eigenvalue weighted by atomic mass is 32.2. The molecule has 0 atom stereocenters. The fourth-order valence-corrected chi connectivity index (χ4v) is 4.14. The van der Waals surface area contributed by atoms with Crippen LogP contribution in [0.1, 0.15) is 27.0 Å². The number of carbonyl (C=O) groups excluding carboxylic acids is 3. The molecular weight excluding hydrogens is 438 g/mol. The van der Waals surface area contributed by atoms with Crippen LogP contribution in [0.25, 0.3) is 6.08 Å². The van der Waals surface area contributed by atoms with Crippen LogP contribution in [0, 0.1) is 6.92 Å². The second kappa shape index (κ2) is 9.75. The van der Waals surface area contributed by atoms with Crippen LogP contribution in [-0.4, -0.2) is 29.1 Å². The third-order valence-corrected chi connectivity index (χ3v) is 6.06. The lowest BCUT2D eigenvalue weighted by Gasteiger charge is -2.14. The molecule has 6 nitrogen and oxygen atoms in total. The summed E-state index contributed by atoms with van der Waals surface area (Å²) in [6, 6.07) is 21.1. The van der Waals surface area contributed by atoms with Crippen LogP contribution in [-0.2, 0) is 11.3 Å². The number of ether oxygens (including phenoxy) is 2. The van der Waals surface area contributed by atoms with Crippen molar-refractivity contribution in [2.24, 2.45) is 0 Å². The van der Waals surface area contributed by atoms with Gasteiger partial charge in [-0.25, -0.2) is 4.79 Å². The van der Waals surface area contributed by atoms with Gasteiger partial charge in [0.1, 0.15) is 11.5 Å². The van der Waals surface area contributed by atoms with Crippen molar-refractivity contribution in [3.05, 3.63) is 100.0 Å². The zero-order chi connectivity index (χ0) is 23.4. The molecule has 0 aromatic heterocycles. The Morgan fingerprint density at radius 3 is 2.45 bits per heavy atom. The molecule has 0 saturated carbocycles. The average Bonchev–Trinajstić information content (AvgIpc) is 3.08. The molecule has 0 radical (unpaired) electrons. The van der Waals surface area contributed by atoms with E-state index >= 15 is 0 Å². The minimum Gasteiger partial charge on any atom is -0.497 e. The van der Waals surface area contributed by atoms with Gasteiger partial charge in [0.05, 0.1) is 24.1 Å². The first-order chi connectivity index (χ1) is 15.9. The summed E-state index contributed by atoms with van der Waals surface area (Å²) in [5.74, 6) is 0.135. The van der Waals surface area contributed by atoms with Gasteiger partial charge in [0, 0.05) is 0 Å². The second-order valence-electron chi connectivity index (χ2n) is 7.38. The fraction of sp³-hybridized carbons (Fsp3) is 0.115. The molecule has 3 aromatic carbocycles. The Labute approximate surface area is 195 Å². The zero-order valence-corrected chi connectivity index (χ0v) is 18.9. The van der Waals surface area contributed by atoms with Gasteiger partial charge in [0.25, 0.3) is 11.1 Å². The first-order valence-corrected chi connectivity index (χ1v) is 11.0. The number of carbonyl (C=O) groups is 3. The molecule has 0 bridgehead atoms. The topological polar surface area (TPSA) is 72.9 Å². The van der Waals surface area contributed by atoms with Crippen LogP contribution in [0.4, 0.5) is 4.79 Å². The van der Waals surface area contributed by atoms with Gasteiger partial charge in [-0.3, -0.25) is 14.5 Å². The lowest BCUT2D eigenvalue weighted by atomic mass is 10.1. The van der Waals surface area contributed by atoms with Crippen molar-refractivity contribution in [2.75, 3.05) is 7.11 Å². The number of aryl methyl sites for hydroxylation is 1. The first kappa shape index (κ1) is 22.4. The Morgan fingerprint density at radius 1 is 0.970 bits per heavy atom. The Hall–Kier alpha value is -3.84. The van der Waals surface area contributed by atoms with Crippen molar-refractivity contribution >= 4 is 35.0 Å². The number of hydrogen-bond donors (Lipinski definition) is 0. The van der Waals surface area contributed by atoms with Gasteiger partial charge in [0.15, 0.2) is 0 Å². The van der Waals surface area contributed by atoms with Gasteiger partial charge in [-0.05, 0) is 77.9 Å². The maximum absolute atomic E-state index is 12.9. The van der Waals surface area contributed by atoms with Gasteiger partial charge in [0.2, 0.25) is 0 Å². The van der Waals surface area contributed by atoms with E-state index in [2.05, 4.69) is 0 Å². The minimum absolute atomic E-state index is 0.230. The predicted molar refractivity (Wildman–Crippen MR) is 127 cm³/mol. The molecule has 1 aliphatic heterocycles. The molecule has 1 fully saturated rings. The highest BCUT2D eigenvalue weighted by Crippen LogP contribution is 2.34. The lowest BCUT2D eigenvalue weighted by Crippen LogP contribution is -2.27. The third kappa shape index (κ3) is 5.15. The summed E-state index contributed by atoms with van der Waals surface area (Å²) in [6.45, 7) is 2.18. The van der Waals surface area contributed by atoms with E-state index in [0.717, 1.165) is 22.9 Å². The molecule has 4 rings (SSSR count). The van der Waals surface area contributed by atoms with E-state index in [1.165, 1.54) is 4.90 Å². The SMILES string of the molecule is COc1ccc(C(=O)Oc2cccc(/C=C3\SC(=O)N(Cc4ccccc4C)C3=O)c2)cc1. The summed E-state index contributed by atoms with van der Waals surface area (Å²) in [5, 5.41) is -0.309. The normalized spacial score (nSPS) is 14.6. The summed E-state index contributed by atoms with van der Waals surface area (Å²) < 4.78 is 10.6. The molecule has 166 valence electrons. The van der Waals surface area contributed by atoms with E-state index in [1.54, 1.807) is 61.7 Å². The Balaban J connectivity index is 1.48. The van der Waals surface area contributed by atoms with E-state index in [0.29, 0.717) is 27.5 Å². The van der Waals surface area contributed by atoms with Crippen molar-refractivity contribution in [2.45, 2.75) is 13.5 Å². The van der Waals surface area contributed by atoms with E-state index in [4.69, 9.17) is 9.47 Å². The smallest absolute Gasteiger partial charge is 0.343 e. The highest BCUT2D eigenvalue weighted by Gasteiger charge is 2.35. The van der Waals surface area contributed by atoms with Gasteiger partial charge < -0.3 is 9.47 Å². The second-order valence-corrected chi connectivity index (χ2v) is 8.38. The number of amides is 2. The number of esters is 1. The lowest BCUT2D eigenvalue weighted by molar-refractivity contribution is -0.123.